The minimum Gasteiger partial charge on any atom is -0.310 e. The Kier molecular flexibility index (Phi) is 6.45. The SMILES string of the molecule is Cc1ccccc1-n1cnnc1S[C@H](C)C(=O)N(CCC#N)c1ccccc1. The zero-order valence-electron chi connectivity index (χ0n) is 15.8. The number of carbonyl (C=O) groups excluding carboxylic acids is 1. The van der Waals surface area contributed by atoms with E-state index in [9.17, 15) is 4.79 Å². The van der Waals surface area contributed by atoms with E-state index in [2.05, 4.69) is 16.3 Å². The van der Waals surface area contributed by atoms with E-state index in [-0.39, 0.29) is 17.6 Å². The number of amides is 1. The maximum atomic E-state index is 13.1. The number of para-hydroxylation sites is 2. The van der Waals surface area contributed by atoms with Crippen LogP contribution in [0.5, 0.6) is 0 Å². The number of hydrogen-bond acceptors (Lipinski definition) is 5. The average molecular weight is 392 g/mol. The molecule has 6 nitrogen and oxygen atoms in total. The molecule has 0 unspecified atom stereocenters. The van der Waals surface area contributed by atoms with Crippen molar-refractivity contribution in [3.05, 3.63) is 66.5 Å². The molecule has 0 N–H and O–H groups in total. The van der Waals surface area contributed by atoms with E-state index in [1.807, 2.05) is 73.0 Å². The minimum absolute atomic E-state index is 0.0641. The number of aromatic nitrogens is 3. The highest BCUT2D eigenvalue weighted by molar-refractivity contribution is 8.00. The Bertz CT molecular complexity index is 980. The Labute approximate surface area is 168 Å². The maximum absolute atomic E-state index is 13.1. The van der Waals surface area contributed by atoms with Crippen LogP contribution in [0.1, 0.15) is 18.9 Å². The van der Waals surface area contributed by atoms with E-state index >= 15 is 0 Å². The first-order valence-electron chi connectivity index (χ1n) is 8.98. The third-order valence-corrected chi connectivity index (χ3v) is 5.35. The summed E-state index contributed by atoms with van der Waals surface area (Å²) < 4.78 is 1.89. The number of nitriles is 1. The van der Waals surface area contributed by atoms with Crippen molar-refractivity contribution in [1.82, 2.24) is 14.8 Å². The predicted octanol–water partition coefficient (Wildman–Crippen LogP) is 4.00. The third kappa shape index (κ3) is 4.41. The fraction of sp³-hybridized carbons (Fsp3) is 0.238. The minimum atomic E-state index is -0.383. The van der Waals surface area contributed by atoms with Gasteiger partial charge in [0.15, 0.2) is 5.16 Å². The molecule has 0 aliphatic heterocycles. The molecule has 1 aromatic heterocycles. The highest BCUT2D eigenvalue weighted by atomic mass is 32.2. The van der Waals surface area contributed by atoms with Crippen LogP contribution in [-0.4, -0.2) is 32.5 Å². The largest absolute Gasteiger partial charge is 0.310 e. The second-order valence-electron chi connectivity index (χ2n) is 6.26. The summed E-state index contributed by atoms with van der Waals surface area (Å²) >= 11 is 1.36. The van der Waals surface area contributed by atoms with Crippen LogP contribution in [0, 0.1) is 18.3 Å². The summed E-state index contributed by atoms with van der Waals surface area (Å²) in [6.45, 7) is 4.23. The first-order chi connectivity index (χ1) is 13.6. The van der Waals surface area contributed by atoms with Gasteiger partial charge in [-0.1, -0.05) is 48.2 Å². The molecule has 0 saturated heterocycles. The molecular weight excluding hydrogens is 370 g/mol. The Morgan fingerprint density at radius 3 is 2.64 bits per heavy atom. The lowest BCUT2D eigenvalue weighted by molar-refractivity contribution is -0.117. The summed E-state index contributed by atoms with van der Waals surface area (Å²) in [5.74, 6) is -0.0641. The topological polar surface area (TPSA) is 74.8 Å². The molecule has 0 bridgehead atoms. The molecule has 0 fully saturated rings. The van der Waals surface area contributed by atoms with E-state index in [0.29, 0.717) is 11.7 Å². The van der Waals surface area contributed by atoms with E-state index < -0.39 is 0 Å². The van der Waals surface area contributed by atoms with Crippen molar-refractivity contribution < 1.29 is 4.79 Å². The van der Waals surface area contributed by atoms with Crippen LogP contribution in [0.15, 0.2) is 66.1 Å². The molecule has 7 heteroatoms. The van der Waals surface area contributed by atoms with Crippen LogP contribution >= 0.6 is 11.8 Å². The molecule has 1 heterocycles. The van der Waals surface area contributed by atoms with Gasteiger partial charge in [0.1, 0.15) is 6.33 Å². The second kappa shape index (κ2) is 9.20. The van der Waals surface area contributed by atoms with E-state index in [1.165, 1.54) is 11.8 Å². The van der Waals surface area contributed by atoms with Crippen LogP contribution in [0.3, 0.4) is 0 Å². The van der Waals surface area contributed by atoms with E-state index in [0.717, 1.165) is 16.9 Å². The number of nitrogens with zero attached hydrogens (tertiary/aromatic N) is 5. The van der Waals surface area contributed by atoms with Gasteiger partial charge in [0.05, 0.1) is 23.4 Å². The van der Waals surface area contributed by atoms with Crippen LogP contribution in [0.25, 0.3) is 5.69 Å². The van der Waals surface area contributed by atoms with Gasteiger partial charge in [-0.05, 0) is 37.6 Å². The van der Waals surface area contributed by atoms with E-state index in [1.54, 1.807) is 11.2 Å². The number of carbonyl (C=O) groups is 1. The summed E-state index contributed by atoms with van der Waals surface area (Å²) in [5, 5.41) is 17.5. The highest BCUT2D eigenvalue weighted by Crippen LogP contribution is 2.27. The number of thioether (sulfide) groups is 1. The molecule has 28 heavy (non-hydrogen) atoms. The van der Waals surface area contributed by atoms with Crippen molar-refractivity contribution in [2.75, 3.05) is 11.4 Å². The van der Waals surface area contributed by atoms with Crippen LogP contribution in [-0.2, 0) is 4.79 Å². The number of hydrogen-bond donors (Lipinski definition) is 0. The first-order valence-corrected chi connectivity index (χ1v) is 9.86. The number of rotatable bonds is 7. The quantitative estimate of drug-likeness (QED) is 0.569. The third-order valence-electron chi connectivity index (χ3n) is 4.30. The van der Waals surface area contributed by atoms with Crippen molar-refractivity contribution in [2.24, 2.45) is 0 Å². The molecule has 2 aromatic carbocycles. The first kappa shape index (κ1) is 19.6. The molecule has 142 valence electrons. The van der Waals surface area contributed by atoms with Gasteiger partial charge in [-0.2, -0.15) is 5.26 Å². The van der Waals surface area contributed by atoms with Gasteiger partial charge in [-0.25, -0.2) is 0 Å². The fourth-order valence-corrected chi connectivity index (χ4v) is 3.77. The lowest BCUT2D eigenvalue weighted by Gasteiger charge is -2.24. The lowest BCUT2D eigenvalue weighted by atomic mass is 10.2. The van der Waals surface area contributed by atoms with Crippen molar-refractivity contribution in [3.63, 3.8) is 0 Å². The fourth-order valence-electron chi connectivity index (χ4n) is 2.87. The average Bonchev–Trinajstić information content (AvgIpc) is 3.17. The smallest absolute Gasteiger partial charge is 0.240 e. The van der Waals surface area contributed by atoms with Gasteiger partial charge in [-0.3, -0.25) is 9.36 Å². The van der Waals surface area contributed by atoms with Crippen LogP contribution in [0.2, 0.25) is 0 Å². The zero-order chi connectivity index (χ0) is 19.9. The summed E-state index contributed by atoms with van der Waals surface area (Å²) in [7, 11) is 0. The predicted molar refractivity (Wildman–Crippen MR) is 110 cm³/mol. The standard InChI is InChI=1S/C21H21N5OS/c1-16-9-6-7-12-19(16)26-15-23-24-21(26)28-17(2)20(27)25(14-8-13-22)18-10-4-3-5-11-18/h3-7,9-12,15,17H,8,14H2,1-2H3/t17-/m1/s1. The van der Waals surface area contributed by atoms with Gasteiger partial charge in [0, 0.05) is 12.2 Å². The number of aryl methyl sites for hydroxylation is 1. The molecular formula is C21H21N5OS. The summed E-state index contributed by atoms with van der Waals surface area (Å²) in [4.78, 5) is 14.8. The molecule has 0 aliphatic carbocycles. The normalized spacial score (nSPS) is 11.6. The molecule has 1 atom stereocenters. The molecule has 0 aliphatic rings. The van der Waals surface area contributed by atoms with Gasteiger partial charge < -0.3 is 4.90 Å². The Hall–Kier alpha value is -3.11. The molecule has 0 spiro atoms. The van der Waals surface area contributed by atoms with E-state index in [4.69, 9.17) is 5.26 Å². The molecule has 1 amide bonds. The molecule has 3 rings (SSSR count). The lowest BCUT2D eigenvalue weighted by Crippen LogP contribution is -2.37. The summed E-state index contributed by atoms with van der Waals surface area (Å²) in [6, 6.07) is 19.5. The summed E-state index contributed by atoms with van der Waals surface area (Å²) in [5.41, 5.74) is 2.87. The highest BCUT2D eigenvalue weighted by Gasteiger charge is 2.24. The number of anilines is 1. The maximum Gasteiger partial charge on any atom is 0.240 e. The van der Waals surface area contributed by atoms with Crippen molar-refractivity contribution in [2.45, 2.75) is 30.7 Å². The van der Waals surface area contributed by atoms with Crippen molar-refractivity contribution in [3.8, 4) is 11.8 Å². The molecule has 3 aromatic rings. The van der Waals surface area contributed by atoms with Crippen molar-refractivity contribution in [1.29, 1.82) is 5.26 Å². The van der Waals surface area contributed by atoms with Gasteiger partial charge >= 0.3 is 0 Å². The van der Waals surface area contributed by atoms with Gasteiger partial charge in [0.25, 0.3) is 0 Å². The summed E-state index contributed by atoms with van der Waals surface area (Å²) in [6.07, 6.45) is 1.93. The Morgan fingerprint density at radius 1 is 1.21 bits per heavy atom. The molecule has 0 radical (unpaired) electrons. The van der Waals surface area contributed by atoms with Gasteiger partial charge in [0.2, 0.25) is 5.91 Å². The van der Waals surface area contributed by atoms with Crippen LogP contribution < -0.4 is 4.90 Å². The second-order valence-corrected chi connectivity index (χ2v) is 7.57. The Balaban J connectivity index is 1.82. The van der Waals surface area contributed by atoms with Crippen LogP contribution in [0.4, 0.5) is 5.69 Å². The van der Waals surface area contributed by atoms with Gasteiger partial charge in [-0.15, -0.1) is 10.2 Å². The monoisotopic (exact) mass is 391 g/mol. The Morgan fingerprint density at radius 2 is 1.93 bits per heavy atom. The van der Waals surface area contributed by atoms with Crippen molar-refractivity contribution >= 4 is 23.4 Å². The zero-order valence-corrected chi connectivity index (χ0v) is 16.6. The number of benzene rings is 2. The molecule has 0 saturated carbocycles.